The minimum absolute atomic E-state index is 0.255. The summed E-state index contributed by atoms with van der Waals surface area (Å²) in [5.74, 6) is 0. The Balaban J connectivity index is 4.18. The van der Waals surface area contributed by atoms with Crippen LogP contribution in [0.3, 0.4) is 0 Å². The smallest absolute Gasteiger partial charge is 0.169 e. The molecule has 0 aliphatic rings. The van der Waals surface area contributed by atoms with E-state index < -0.39 is 0 Å². The first-order valence-electron chi connectivity index (χ1n) is 5.16. The Morgan fingerprint density at radius 1 is 0.938 bits per heavy atom. The predicted octanol–water partition coefficient (Wildman–Crippen LogP) is 0.712. The molecule has 0 heterocycles. The highest BCUT2D eigenvalue weighted by Gasteiger charge is 2.16. The Kier molecular flexibility index (Phi) is 9.46. The lowest BCUT2D eigenvalue weighted by atomic mass is 10.4. The van der Waals surface area contributed by atoms with E-state index >= 15 is 0 Å². The van der Waals surface area contributed by atoms with Crippen LogP contribution < -0.4 is 0 Å². The molecule has 0 spiro atoms. The van der Waals surface area contributed by atoms with Crippen molar-refractivity contribution in [1.29, 1.82) is 0 Å². The summed E-state index contributed by atoms with van der Waals surface area (Å²) in [7, 11) is 6.46. The summed E-state index contributed by atoms with van der Waals surface area (Å²) < 4.78 is 20.6. The molecule has 0 aliphatic carbocycles. The average molecular weight is 233 g/mol. The minimum Gasteiger partial charge on any atom is -0.355 e. The van der Waals surface area contributed by atoms with Crippen molar-refractivity contribution < 1.29 is 18.9 Å². The third kappa shape index (κ3) is 6.19. The van der Waals surface area contributed by atoms with Crippen LogP contribution >= 0.6 is 0 Å². The highest BCUT2D eigenvalue weighted by atomic mass is 16.7. The fourth-order valence-corrected chi connectivity index (χ4v) is 1.32. The van der Waals surface area contributed by atoms with E-state index in [1.54, 1.807) is 28.4 Å². The zero-order valence-corrected chi connectivity index (χ0v) is 10.6. The maximum Gasteiger partial charge on any atom is 0.169 e. The fraction of sp³-hybridized carbons (Fsp3) is 0.818. The van der Waals surface area contributed by atoms with Gasteiger partial charge in [0.1, 0.15) is 0 Å². The van der Waals surface area contributed by atoms with Crippen LogP contribution in [0.15, 0.2) is 12.7 Å². The van der Waals surface area contributed by atoms with E-state index in [1.807, 2.05) is 6.08 Å². The van der Waals surface area contributed by atoms with Crippen molar-refractivity contribution in [1.82, 2.24) is 4.90 Å². The summed E-state index contributed by atoms with van der Waals surface area (Å²) in [6, 6.07) is 0. The molecule has 0 fully saturated rings. The van der Waals surface area contributed by atoms with Crippen LogP contribution in [0.2, 0.25) is 0 Å². The van der Waals surface area contributed by atoms with Crippen molar-refractivity contribution in [3.63, 3.8) is 0 Å². The molecule has 0 aromatic rings. The van der Waals surface area contributed by atoms with Crippen molar-refractivity contribution in [2.75, 3.05) is 48.1 Å². The monoisotopic (exact) mass is 233 g/mol. The summed E-state index contributed by atoms with van der Waals surface area (Å²) in [4.78, 5) is 2.09. The fourth-order valence-electron chi connectivity index (χ4n) is 1.32. The highest BCUT2D eigenvalue weighted by Crippen LogP contribution is 2.01. The molecular weight excluding hydrogens is 210 g/mol. The minimum atomic E-state index is -0.255. The molecule has 0 atom stereocenters. The third-order valence-electron chi connectivity index (χ3n) is 2.25. The van der Waals surface area contributed by atoms with Crippen LogP contribution in [0, 0.1) is 0 Å². The van der Waals surface area contributed by atoms with E-state index in [1.165, 1.54) is 0 Å². The van der Waals surface area contributed by atoms with E-state index in [9.17, 15) is 0 Å². The molecule has 0 radical (unpaired) electrons. The number of hydrogen-bond acceptors (Lipinski definition) is 5. The molecule has 16 heavy (non-hydrogen) atoms. The standard InChI is InChI=1S/C11H23NO4/c1-6-7-12(8-10(13-2)14-3)9-11(15-4)16-5/h6,10-11H,1,7-9H2,2-5H3. The molecule has 0 aromatic carbocycles. The lowest BCUT2D eigenvalue weighted by Gasteiger charge is -2.27. The van der Waals surface area contributed by atoms with E-state index in [0.717, 1.165) is 6.54 Å². The molecule has 5 heteroatoms. The molecule has 0 saturated carbocycles. The van der Waals surface area contributed by atoms with Crippen molar-refractivity contribution in [3.05, 3.63) is 12.7 Å². The van der Waals surface area contributed by atoms with Crippen molar-refractivity contribution in [2.24, 2.45) is 0 Å². The topological polar surface area (TPSA) is 40.2 Å². The number of ether oxygens (including phenoxy) is 4. The first-order valence-corrected chi connectivity index (χ1v) is 5.16. The SMILES string of the molecule is C=CCN(CC(OC)OC)CC(OC)OC. The van der Waals surface area contributed by atoms with Crippen LogP contribution in [0.25, 0.3) is 0 Å². The van der Waals surface area contributed by atoms with Crippen molar-refractivity contribution >= 4 is 0 Å². The third-order valence-corrected chi connectivity index (χ3v) is 2.25. The van der Waals surface area contributed by atoms with E-state index in [4.69, 9.17) is 18.9 Å². The van der Waals surface area contributed by atoms with E-state index in [-0.39, 0.29) is 12.6 Å². The largest absolute Gasteiger partial charge is 0.355 e. The van der Waals surface area contributed by atoms with Gasteiger partial charge in [-0.15, -0.1) is 6.58 Å². The first-order chi connectivity index (χ1) is 7.71. The molecule has 0 aliphatic heterocycles. The molecule has 0 rings (SSSR count). The molecule has 0 unspecified atom stereocenters. The van der Waals surface area contributed by atoms with Gasteiger partial charge < -0.3 is 18.9 Å². The van der Waals surface area contributed by atoms with Gasteiger partial charge >= 0.3 is 0 Å². The van der Waals surface area contributed by atoms with Gasteiger partial charge in [0, 0.05) is 48.1 Å². The van der Waals surface area contributed by atoms with Crippen LogP contribution in [0.5, 0.6) is 0 Å². The second-order valence-electron chi connectivity index (χ2n) is 3.31. The van der Waals surface area contributed by atoms with Gasteiger partial charge in [-0.1, -0.05) is 6.08 Å². The molecule has 0 aromatic heterocycles. The quantitative estimate of drug-likeness (QED) is 0.410. The van der Waals surface area contributed by atoms with Crippen LogP contribution in [0.1, 0.15) is 0 Å². The van der Waals surface area contributed by atoms with Crippen molar-refractivity contribution in [3.8, 4) is 0 Å². The molecule has 96 valence electrons. The predicted molar refractivity (Wildman–Crippen MR) is 62.2 cm³/mol. The summed E-state index contributed by atoms with van der Waals surface area (Å²) in [5, 5.41) is 0. The number of hydrogen-bond donors (Lipinski definition) is 0. The maximum absolute atomic E-state index is 5.15. The van der Waals surface area contributed by atoms with Gasteiger partial charge in [-0.25, -0.2) is 0 Å². The Labute approximate surface area is 97.9 Å². The zero-order valence-electron chi connectivity index (χ0n) is 10.6. The molecule has 5 nitrogen and oxygen atoms in total. The van der Waals surface area contributed by atoms with Gasteiger partial charge in [0.05, 0.1) is 0 Å². The second kappa shape index (κ2) is 9.74. The first kappa shape index (κ1) is 15.5. The molecule has 0 bridgehead atoms. The van der Waals surface area contributed by atoms with Gasteiger partial charge in [0.2, 0.25) is 0 Å². The Hall–Kier alpha value is -0.460. The molecule has 0 N–H and O–H groups in total. The molecule has 0 amide bonds. The van der Waals surface area contributed by atoms with E-state index in [2.05, 4.69) is 11.5 Å². The normalized spacial score (nSPS) is 11.7. The number of methoxy groups -OCH3 is 4. The van der Waals surface area contributed by atoms with Gasteiger partial charge in [-0.3, -0.25) is 4.90 Å². The summed E-state index contributed by atoms with van der Waals surface area (Å²) in [6.45, 7) is 5.72. The number of nitrogens with zero attached hydrogens (tertiary/aromatic N) is 1. The lowest BCUT2D eigenvalue weighted by molar-refractivity contribution is -0.142. The van der Waals surface area contributed by atoms with Crippen LogP contribution in [0.4, 0.5) is 0 Å². The summed E-state index contributed by atoms with van der Waals surface area (Å²) in [5.41, 5.74) is 0. The Morgan fingerprint density at radius 2 is 1.31 bits per heavy atom. The second-order valence-corrected chi connectivity index (χ2v) is 3.31. The van der Waals surface area contributed by atoms with Gasteiger partial charge in [-0.2, -0.15) is 0 Å². The molecule has 0 saturated heterocycles. The van der Waals surface area contributed by atoms with E-state index in [0.29, 0.717) is 13.1 Å². The lowest BCUT2D eigenvalue weighted by Crippen LogP contribution is -2.40. The van der Waals surface area contributed by atoms with Gasteiger partial charge in [0.15, 0.2) is 12.6 Å². The number of rotatable bonds is 10. The Morgan fingerprint density at radius 3 is 1.56 bits per heavy atom. The molecular formula is C11H23NO4. The maximum atomic E-state index is 5.15. The highest BCUT2D eigenvalue weighted by molar-refractivity contribution is 4.75. The van der Waals surface area contributed by atoms with Crippen LogP contribution in [-0.2, 0) is 18.9 Å². The zero-order chi connectivity index (χ0) is 12.4. The van der Waals surface area contributed by atoms with Crippen molar-refractivity contribution in [2.45, 2.75) is 12.6 Å². The van der Waals surface area contributed by atoms with Crippen LogP contribution in [-0.4, -0.2) is 65.6 Å². The van der Waals surface area contributed by atoms with Gasteiger partial charge in [0.25, 0.3) is 0 Å². The average Bonchev–Trinajstić information content (AvgIpc) is 2.32. The summed E-state index contributed by atoms with van der Waals surface area (Å²) >= 11 is 0. The Bertz CT molecular complexity index is 155. The summed E-state index contributed by atoms with van der Waals surface area (Å²) in [6.07, 6.45) is 1.31. The van der Waals surface area contributed by atoms with Gasteiger partial charge in [-0.05, 0) is 0 Å².